The van der Waals surface area contributed by atoms with Crippen LogP contribution in [-0.2, 0) is 9.53 Å². The van der Waals surface area contributed by atoms with Gasteiger partial charge in [0.2, 0.25) is 5.91 Å². The lowest BCUT2D eigenvalue weighted by atomic mass is 10.1. The van der Waals surface area contributed by atoms with Crippen LogP contribution in [0.2, 0.25) is 0 Å². The van der Waals surface area contributed by atoms with E-state index >= 15 is 0 Å². The van der Waals surface area contributed by atoms with Crippen LogP contribution >= 0.6 is 11.8 Å². The monoisotopic (exact) mass is 501 g/mol. The molecule has 2 heterocycles. The van der Waals surface area contributed by atoms with Crippen LogP contribution < -0.4 is 20.3 Å². The number of methoxy groups -OCH3 is 1. The highest BCUT2D eigenvalue weighted by atomic mass is 32.2. The fraction of sp³-hybridized carbons (Fsp3) is 0.400. The molecule has 8 nitrogen and oxygen atoms in total. The van der Waals surface area contributed by atoms with Crippen LogP contribution in [0.15, 0.2) is 42.5 Å². The molecular formula is C25H28FN3O5S. The minimum absolute atomic E-state index is 0.0238. The molecule has 2 unspecified atom stereocenters. The van der Waals surface area contributed by atoms with Crippen LogP contribution in [0.5, 0.6) is 5.75 Å². The number of halogens is 1. The van der Waals surface area contributed by atoms with Gasteiger partial charge in [-0.05, 0) is 36.4 Å². The molecule has 4 rings (SSSR count). The van der Waals surface area contributed by atoms with Crippen LogP contribution in [-0.4, -0.2) is 62.9 Å². The zero-order valence-electron chi connectivity index (χ0n) is 19.4. The van der Waals surface area contributed by atoms with Gasteiger partial charge in [0.15, 0.2) is 5.78 Å². The summed E-state index contributed by atoms with van der Waals surface area (Å²) in [5, 5.41) is 6.02. The number of Topliss-reactive ketones (excluding diaryl/α,β-unsaturated/α-hetero) is 1. The Kier molecular flexibility index (Phi) is 8.25. The lowest BCUT2D eigenvalue weighted by Gasteiger charge is -2.24. The summed E-state index contributed by atoms with van der Waals surface area (Å²) in [6.07, 6.45) is -1.06. The molecule has 186 valence electrons. The molecule has 2 amide bonds. The lowest BCUT2D eigenvalue weighted by Crippen LogP contribution is -2.34. The predicted molar refractivity (Wildman–Crippen MR) is 132 cm³/mol. The minimum atomic E-state index is -0.584. The number of carbonyl (C=O) groups excluding carboxylic acids is 3. The summed E-state index contributed by atoms with van der Waals surface area (Å²) < 4.78 is 25.2. The second kappa shape index (κ2) is 11.5. The Morgan fingerprint density at radius 1 is 1.23 bits per heavy atom. The molecule has 10 heteroatoms. The summed E-state index contributed by atoms with van der Waals surface area (Å²) in [6, 6.07) is 11.5. The van der Waals surface area contributed by atoms with E-state index in [-0.39, 0.29) is 48.7 Å². The summed E-state index contributed by atoms with van der Waals surface area (Å²) in [6.45, 7) is 1.93. The summed E-state index contributed by atoms with van der Waals surface area (Å²) in [4.78, 5) is 38.2. The van der Waals surface area contributed by atoms with Crippen LogP contribution in [0.1, 0.15) is 34.0 Å². The molecule has 0 radical (unpaired) electrons. The van der Waals surface area contributed by atoms with E-state index in [0.29, 0.717) is 29.1 Å². The van der Waals surface area contributed by atoms with E-state index in [1.807, 2.05) is 0 Å². The fourth-order valence-corrected chi connectivity index (χ4v) is 5.17. The third-order valence-corrected chi connectivity index (χ3v) is 7.23. The molecule has 0 aromatic heterocycles. The second-order valence-corrected chi connectivity index (χ2v) is 9.65. The average molecular weight is 502 g/mol. The second-order valence-electron chi connectivity index (χ2n) is 8.34. The van der Waals surface area contributed by atoms with E-state index in [1.165, 1.54) is 11.0 Å². The molecule has 0 bridgehead atoms. The van der Waals surface area contributed by atoms with Crippen molar-refractivity contribution >= 4 is 35.2 Å². The van der Waals surface area contributed by atoms with Gasteiger partial charge >= 0.3 is 6.09 Å². The maximum Gasteiger partial charge on any atom is 0.414 e. The standard InChI is InChI=1S/C25H28FN3O5S/c1-33-18-5-2-16(3-6-18)22(30)8-9-24(31)28-13-19-15-29(25(32)34-19)17-4-7-20(21(26)12-17)23-14-27-10-11-35-23/h2-7,12,19,23,27H,8-11,13-15H2,1H3,(H,28,31). The van der Waals surface area contributed by atoms with Crippen LogP contribution in [0.3, 0.4) is 0 Å². The molecule has 2 N–H and O–H groups in total. The van der Waals surface area contributed by atoms with Crippen molar-refractivity contribution in [3.8, 4) is 5.75 Å². The first-order valence-corrected chi connectivity index (χ1v) is 12.5. The number of nitrogens with zero attached hydrogens (tertiary/aromatic N) is 1. The highest BCUT2D eigenvalue weighted by Gasteiger charge is 2.33. The van der Waals surface area contributed by atoms with Crippen molar-refractivity contribution in [3.05, 3.63) is 59.4 Å². The number of amides is 2. The van der Waals surface area contributed by atoms with E-state index in [1.54, 1.807) is 55.3 Å². The van der Waals surface area contributed by atoms with Crippen molar-refractivity contribution in [2.24, 2.45) is 0 Å². The van der Waals surface area contributed by atoms with Crippen molar-refractivity contribution in [1.29, 1.82) is 0 Å². The topological polar surface area (TPSA) is 97.0 Å². The van der Waals surface area contributed by atoms with Crippen LogP contribution in [0, 0.1) is 5.82 Å². The molecule has 2 aliphatic heterocycles. The predicted octanol–water partition coefficient (Wildman–Crippen LogP) is 3.32. The Bertz CT molecular complexity index is 1080. The van der Waals surface area contributed by atoms with E-state index in [4.69, 9.17) is 9.47 Å². The van der Waals surface area contributed by atoms with Gasteiger partial charge in [-0.3, -0.25) is 14.5 Å². The fourth-order valence-electron chi connectivity index (χ4n) is 4.01. The Balaban J connectivity index is 1.24. The van der Waals surface area contributed by atoms with Gasteiger partial charge < -0.3 is 20.1 Å². The number of hydrogen-bond acceptors (Lipinski definition) is 7. The third-order valence-electron chi connectivity index (χ3n) is 5.96. The first-order chi connectivity index (χ1) is 16.9. The molecule has 2 fully saturated rings. The average Bonchev–Trinajstić information content (AvgIpc) is 3.26. The largest absolute Gasteiger partial charge is 0.497 e. The normalized spacial score (nSPS) is 19.8. The number of anilines is 1. The number of carbonyl (C=O) groups is 3. The summed E-state index contributed by atoms with van der Waals surface area (Å²) >= 11 is 1.71. The molecule has 0 spiro atoms. The van der Waals surface area contributed by atoms with Crippen molar-refractivity contribution in [1.82, 2.24) is 10.6 Å². The molecular weight excluding hydrogens is 473 g/mol. The SMILES string of the molecule is COc1ccc(C(=O)CCC(=O)NCC2CN(c3ccc(C4CNCCS4)c(F)c3)C(=O)O2)cc1. The third kappa shape index (κ3) is 6.32. The van der Waals surface area contributed by atoms with Gasteiger partial charge in [0.05, 0.1) is 25.9 Å². The molecule has 2 aliphatic rings. The van der Waals surface area contributed by atoms with E-state index < -0.39 is 12.2 Å². The van der Waals surface area contributed by atoms with Gasteiger partial charge in [0.1, 0.15) is 17.7 Å². The van der Waals surface area contributed by atoms with Gasteiger partial charge in [0, 0.05) is 48.1 Å². The highest BCUT2D eigenvalue weighted by molar-refractivity contribution is 7.99. The first kappa shape index (κ1) is 25.0. The molecule has 2 aromatic rings. The molecule has 2 atom stereocenters. The maximum absolute atomic E-state index is 14.8. The van der Waals surface area contributed by atoms with E-state index in [0.717, 1.165) is 12.3 Å². The van der Waals surface area contributed by atoms with Crippen molar-refractivity contribution < 1.29 is 28.2 Å². The van der Waals surface area contributed by atoms with Gasteiger partial charge in [-0.15, -0.1) is 0 Å². The number of ketones is 1. The number of benzene rings is 2. The lowest BCUT2D eigenvalue weighted by molar-refractivity contribution is -0.121. The molecule has 2 saturated heterocycles. The quantitative estimate of drug-likeness (QED) is 0.509. The van der Waals surface area contributed by atoms with Crippen molar-refractivity contribution in [2.45, 2.75) is 24.2 Å². The first-order valence-electron chi connectivity index (χ1n) is 11.5. The molecule has 35 heavy (non-hydrogen) atoms. The number of hydrogen-bond donors (Lipinski definition) is 2. The number of rotatable bonds is 9. The Hall–Kier alpha value is -3.11. The maximum atomic E-state index is 14.8. The zero-order valence-corrected chi connectivity index (χ0v) is 20.2. The minimum Gasteiger partial charge on any atom is -0.497 e. The zero-order chi connectivity index (χ0) is 24.8. The molecule has 0 saturated carbocycles. The Morgan fingerprint density at radius 2 is 2.03 bits per heavy atom. The number of thioether (sulfide) groups is 1. The highest BCUT2D eigenvalue weighted by Crippen LogP contribution is 2.34. The van der Waals surface area contributed by atoms with Gasteiger partial charge in [0.25, 0.3) is 0 Å². The molecule has 2 aromatic carbocycles. The Labute approximate surface area is 207 Å². The smallest absolute Gasteiger partial charge is 0.414 e. The number of ether oxygens (including phenoxy) is 2. The van der Waals surface area contributed by atoms with Gasteiger partial charge in [-0.2, -0.15) is 11.8 Å². The summed E-state index contributed by atoms with van der Waals surface area (Å²) in [5.74, 6) is 0.769. The number of nitrogens with one attached hydrogen (secondary N) is 2. The van der Waals surface area contributed by atoms with Crippen molar-refractivity contribution in [3.63, 3.8) is 0 Å². The summed E-state index contributed by atoms with van der Waals surface area (Å²) in [5.41, 5.74) is 1.55. The van der Waals surface area contributed by atoms with Crippen LogP contribution in [0.25, 0.3) is 0 Å². The Morgan fingerprint density at radius 3 is 2.71 bits per heavy atom. The van der Waals surface area contributed by atoms with Gasteiger partial charge in [-0.25, -0.2) is 9.18 Å². The number of cyclic esters (lactones) is 1. The molecule has 0 aliphatic carbocycles. The van der Waals surface area contributed by atoms with E-state index in [2.05, 4.69) is 10.6 Å². The van der Waals surface area contributed by atoms with Crippen LogP contribution in [0.4, 0.5) is 14.9 Å². The van der Waals surface area contributed by atoms with Crippen molar-refractivity contribution in [2.75, 3.05) is 43.9 Å². The van der Waals surface area contributed by atoms with Gasteiger partial charge in [-0.1, -0.05) is 6.07 Å². The van der Waals surface area contributed by atoms with E-state index in [9.17, 15) is 18.8 Å². The summed E-state index contributed by atoms with van der Waals surface area (Å²) in [7, 11) is 1.55.